The molecule has 0 unspecified atom stereocenters. The molecule has 0 saturated carbocycles. The second-order valence-electron chi connectivity index (χ2n) is 5.10. The van der Waals surface area contributed by atoms with Gasteiger partial charge in [0.2, 0.25) is 0 Å². The van der Waals surface area contributed by atoms with Gasteiger partial charge < -0.3 is 9.26 Å². The van der Waals surface area contributed by atoms with Gasteiger partial charge in [-0.1, -0.05) is 17.3 Å². The fourth-order valence-corrected chi connectivity index (χ4v) is 4.97. The first-order valence-electron chi connectivity index (χ1n) is 7.37. The van der Waals surface area contributed by atoms with E-state index in [4.69, 9.17) is 9.26 Å². The lowest BCUT2D eigenvalue weighted by Crippen LogP contribution is -2.12. The first-order chi connectivity index (χ1) is 11.9. The normalized spacial score (nSPS) is 11.5. The van der Waals surface area contributed by atoms with Gasteiger partial charge in [-0.05, 0) is 58.9 Å². The molecule has 3 aromatic rings. The predicted octanol–water partition coefficient (Wildman–Crippen LogP) is 4.67. The summed E-state index contributed by atoms with van der Waals surface area (Å²) >= 11 is 4.40. The van der Waals surface area contributed by atoms with Crippen molar-refractivity contribution in [3.05, 3.63) is 45.9 Å². The highest BCUT2D eigenvalue weighted by molar-refractivity contribution is 9.10. The van der Waals surface area contributed by atoms with Crippen LogP contribution in [0.2, 0.25) is 0 Å². The van der Waals surface area contributed by atoms with E-state index in [1.165, 1.54) is 0 Å². The van der Waals surface area contributed by atoms with E-state index in [-0.39, 0.29) is 10.1 Å². The Kier molecular flexibility index (Phi) is 5.16. The Hall–Kier alpha value is -1.84. The number of nitrogens with zero attached hydrogens (tertiary/aromatic N) is 1. The maximum atomic E-state index is 12.8. The standard InChI is InChI=1S/C16H15BrN2O4S2/c1-3-22-12-6-4-11(5-7-12)13-8-9-24-16(13)25(20,21)19-15-14(17)10(2)18-23-15/h4-9,19H,3H2,1-2H3. The molecule has 6 nitrogen and oxygen atoms in total. The van der Waals surface area contributed by atoms with Crippen LogP contribution in [0.1, 0.15) is 12.6 Å². The smallest absolute Gasteiger partial charge is 0.274 e. The maximum Gasteiger partial charge on any atom is 0.274 e. The molecule has 25 heavy (non-hydrogen) atoms. The highest BCUT2D eigenvalue weighted by Gasteiger charge is 2.24. The summed E-state index contributed by atoms with van der Waals surface area (Å²) in [6.45, 7) is 4.20. The van der Waals surface area contributed by atoms with Crippen LogP contribution < -0.4 is 9.46 Å². The van der Waals surface area contributed by atoms with Crippen LogP contribution in [0.5, 0.6) is 5.75 Å². The summed E-state index contributed by atoms with van der Waals surface area (Å²) in [5.74, 6) is 0.800. The van der Waals surface area contributed by atoms with Crippen molar-refractivity contribution in [2.24, 2.45) is 0 Å². The molecule has 0 saturated heterocycles. The molecule has 0 atom stereocenters. The summed E-state index contributed by atoms with van der Waals surface area (Å²) in [4.78, 5) is 0. The van der Waals surface area contributed by atoms with Gasteiger partial charge in [0.25, 0.3) is 15.9 Å². The lowest BCUT2D eigenvalue weighted by atomic mass is 10.1. The number of halogens is 1. The largest absolute Gasteiger partial charge is 0.494 e. The second-order valence-corrected chi connectivity index (χ2v) is 8.68. The van der Waals surface area contributed by atoms with Gasteiger partial charge in [-0.2, -0.15) is 0 Å². The SMILES string of the molecule is CCOc1ccc(-c2ccsc2S(=O)(=O)Nc2onc(C)c2Br)cc1. The van der Waals surface area contributed by atoms with Crippen molar-refractivity contribution in [3.8, 4) is 16.9 Å². The number of hydrogen-bond acceptors (Lipinski definition) is 6. The fraction of sp³-hybridized carbons (Fsp3) is 0.188. The Balaban J connectivity index is 1.93. The van der Waals surface area contributed by atoms with Crippen molar-refractivity contribution in [2.45, 2.75) is 18.1 Å². The molecule has 2 heterocycles. The van der Waals surface area contributed by atoms with Gasteiger partial charge in [-0.15, -0.1) is 11.3 Å². The Morgan fingerprint density at radius 3 is 2.60 bits per heavy atom. The van der Waals surface area contributed by atoms with Crippen LogP contribution in [0.4, 0.5) is 5.88 Å². The number of aryl methyl sites for hydroxylation is 1. The van der Waals surface area contributed by atoms with Crippen molar-refractivity contribution in [1.29, 1.82) is 0 Å². The van der Waals surface area contributed by atoms with Crippen LogP contribution in [0.25, 0.3) is 11.1 Å². The van der Waals surface area contributed by atoms with Crippen LogP contribution in [-0.4, -0.2) is 20.2 Å². The van der Waals surface area contributed by atoms with Gasteiger partial charge in [-0.3, -0.25) is 0 Å². The molecule has 0 aliphatic carbocycles. The first kappa shape index (κ1) is 18.0. The quantitative estimate of drug-likeness (QED) is 0.599. The minimum absolute atomic E-state index is 0.0588. The van der Waals surface area contributed by atoms with Crippen LogP contribution >= 0.6 is 27.3 Å². The molecule has 132 valence electrons. The number of anilines is 1. The maximum absolute atomic E-state index is 12.8. The minimum Gasteiger partial charge on any atom is -0.494 e. The Morgan fingerprint density at radius 2 is 2.00 bits per heavy atom. The average molecular weight is 443 g/mol. The number of benzene rings is 1. The van der Waals surface area contributed by atoms with Crippen molar-refractivity contribution >= 4 is 43.2 Å². The minimum atomic E-state index is -3.80. The van der Waals surface area contributed by atoms with Crippen LogP contribution in [0.3, 0.4) is 0 Å². The van der Waals surface area contributed by atoms with Gasteiger partial charge in [0, 0.05) is 5.56 Å². The molecule has 0 aliphatic rings. The zero-order chi connectivity index (χ0) is 18.0. The summed E-state index contributed by atoms with van der Waals surface area (Å²) < 4.78 is 39.1. The number of nitrogens with one attached hydrogen (secondary N) is 1. The molecule has 0 spiro atoms. The zero-order valence-electron chi connectivity index (χ0n) is 13.4. The zero-order valence-corrected chi connectivity index (χ0v) is 16.7. The number of ether oxygens (including phenoxy) is 1. The number of rotatable bonds is 6. The third kappa shape index (κ3) is 3.73. The summed E-state index contributed by atoms with van der Waals surface area (Å²) in [5.41, 5.74) is 1.97. The summed E-state index contributed by atoms with van der Waals surface area (Å²) in [5, 5.41) is 5.47. The molecule has 0 fully saturated rings. The predicted molar refractivity (Wildman–Crippen MR) is 101 cm³/mol. The molecule has 0 radical (unpaired) electrons. The van der Waals surface area contributed by atoms with E-state index in [9.17, 15) is 8.42 Å². The summed E-state index contributed by atoms with van der Waals surface area (Å²) in [6.07, 6.45) is 0. The lowest BCUT2D eigenvalue weighted by Gasteiger charge is -2.08. The number of thiophene rings is 1. The first-order valence-corrected chi connectivity index (χ1v) is 10.5. The lowest BCUT2D eigenvalue weighted by molar-refractivity contribution is 0.340. The van der Waals surface area contributed by atoms with Crippen LogP contribution in [-0.2, 0) is 10.0 Å². The van der Waals surface area contributed by atoms with Crippen molar-refractivity contribution < 1.29 is 17.7 Å². The molecule has 3 rings (SSSR count). The van der Waals surface area contributed by atoms with E-state index >= 15 is 0 Å². The van der Waals surface area contributed by atoms with Gasteiger partial charge in [-0.25, -0.2) is 13.1 Å². The van der Waals surface area contributed by atoms with Crippen molar-refractivity contribution in [3.63, 3.8) is 0 Å². The van der Waals surface area contributed by atoms with E-state index in [1.54, 1.807) is 18.4 Å². The van der Waals surface area contributed by atoms with Gasteiger partial charge >= 0.3 is 0 Å². The molecule has 0 amide bonds. The monoisotopic (exact) mass is 442 g/mol. The molecule has 2 aromatic heterocycles. The molecule has 1 aromatic carbocycles. The van der Waals surface area contributed by atoms with Gasteiger partial charge in [0.15, 0.2) is 0 Å². The molecule has 0 bridgehead atoms. The second kappa shape index (κ2) is 7.19. The van der Waals surface area contributed by atoms with Gasteiger partial charge in [0.05, 0.1) is 12.3 Å². The van der Waals surface area contributed by atoms with Crippen molar-refractivity contribution in [2.75, 3.05) is 11.3 Å². The van der Waals surface area contributed by atoms with E-state index < -0.39 is 10.0 Å². The van der Waals surface area contributed by atoms with Crippen LogP contribution in [0.15, 0.2) is 48.9 Å². The molecule has 9 heteroatoms. The summed E-state index contributed by atoms with van der Waals surface area (Å²) in [7, 11) is -3.80. The third-order valence-corrected chi connectivity index (χ3v) is 7.12. The highest BCUT2D eigenvalue weighted by atomic mass is 79.9. The number of aromatic nitrogens is 1. The third-order valence-electron chi connectivity index (χ3n) is 3.37. The van der Waals surface area contributed by atoms with E-state index in [0.29, 0.717) is 22.3 Å². The summed E-state index contributed by atoms with van der Waals surface area (Å²) in [6, 6.07) is 9.07. The topological polar surface area (TPSA) is 81.4 Å². The number of hydrogen-bond donors (Lipinski definition) is 1. The van der Waals surface area contributed by atoms with E-state index in [0.717, 1.165) is 22.6 Å². The van der Waals surface area contributed by atoms with E-state index in [1.807, 2.05) is 31.2 Å². The van der Waals surface area contributed by atoms with Crippen molar-refractivity contribution in [1.82, 2.24) is 5.16 Å². The Bertz CT molecular complexity index is 978. The number of sulfonamides is 1. The molecule has 1 N–H and O–H groups in total. The Morgan fingerprint density at radius 1 is 1.28 bits per heavy atom. The molecule has 0 aliphatic heterocycles. The molecular weight excluding hydrogens is 428 g/mol. The highest BCUT2D eigenvalue weighted by Crippen LogP contribution is 2.35. The van der Waals surface area contributed by atoms with Crippen LogP contribution in [0, 0.1) is 6.92 Å². The fourth-order valence-electron chi connectivity index (χ4n) is 2.21. The molecular formula is C16H15BrN2O4S2. The van der Waals surface area contributed by atoms with E-state index in [2.05, 4.69) is 25.8 Å². The Labute approximate surface area is 158 Å². The average Bonchev–Trinajstić information content (AvgIpc) is 3.19. The van der Waals surface area contributed by atoms with Gasteiger partial charge in [0.1, 0.15) is 14.4 Å².